The first kappa shape index (κ1) is 12.2. The van der Waals surface area contributed by atoms with Gasteiger partial charge in [-0.15, -0.1) is 0 Å². The van der Waals surface area contributed by atoms with E-state index in [2.05, 4.69) is 11.8 Å². The molecule has 1 heterocycles. The summed E-state index contributed by atoms with van der Waals surface area (Å²) in [5.41, 5.74) is 6.82. The van der Waals surface area contributed by atoms with Crippen LogP contribution in [-0.2, 0) is 4.74 Å². The molecule has 1 aliphatic heterocycles. The molecule has 1 unspecified atom stereocenters. The van der Waals surface area contributed by atoms with Crippen LogP contribution in [0, 0.1) is 5.82 Å². The lowest BCUT2D eigenvalue weighted by Crippen LogP contribution is -2.47. The minimum absolute atomic E-state index is 0.153. The molecule has 1 atom stereocenters. The largest absolute Gasteiger partial charge is 0.399 e. The molecule has 0 saturated carbocycles. The molecular weight excluding hydrogens is 219 g/mol. The van der Waals surface area contributed by atoms with Crippen LogP contribution in [0.5, 0.6) is 0 Å². The van der Waals surface area contributed by atoms with Gasteiger partial charge in [-0.25, -0.2) is 4.39 Å². The highest BCUT2D eigenvalue weighted by molar-refractivity contribution is 5.56. The molecule has 1 aromatic rings. The zero-order valence-corrected chi connectivity index (χ0v) is 10.4. The summed E-state index contributed by atoms with van der Waals surface area (Å²) in [5.74, 6) is -0.287. The minimum Gasteiger partial charge on any atom is -0.399 e. The van der Waals surface area contributed by atoms with E-state index in [0.29, 0.717) is 5.69 Å². The van der Waals surface area contributed by atoms with Crippen molar-refractivity contribution in [3.63, 3.8) is 0 Å². The quantitative estimate of drug-likeness (QED) is 0.804. The van der Waals surface area contributed by atoms with E-state index in [1.54, 1.807) is 7.11 Å². The fraction of sp³-hybridized carbons (Fsp3) is 0.538. The van der Waals surface area contributed by atoms with E-state index in [-0.39, 0.29) is 11.4 Å². The minimum atomic E-state index is -0.287. The van der Waals surface area contributed by atoms with Gasteiger partial charge in [0, 0.05) is 31.6 Å². The summed E-state index contributed by atoms with van der Waals surface area (Å²) in [6.07, 6.45) is 2.07. The van der Waals surface area contributed by atoms with Crippen molar-refractivity contribution < 1.29 is 9.13 Å². The fourth-order valence-electron chi connectivity index (χ4n) is 2.37. The van der Waals surface area contributed by atoms with Crippen molar-refractivity contribution in [2.75, 3.05) is 30.8 Å². The van der Waals surface area contributed by atoms with Crippen LogP contribution in [0.2, 0.25) is 0 Å². The molecule has 2 N–H and O–H groups in total. The van der Waals surface area contributed by atoms with Gasteiger partial charge < -0.3 is 15.4 Å². The van der Waals surface area contributed by atoms with Gasteiger partial charge in [0.05, 0.1) is 5.60 Å². The van der Waals surface area contributed by atoms with Crippen molar-refractivity contribution in [2.24, 2.45) is 0 Å². The number of nitrogens with zero attached hydrogens (tertiary/aromatic N) is 1. The van der Waals surface area contributed by atoms with Crippen LogP contribution in [0.1, 0.15) is 19.8 Å². The molecule has 4 heteroatoms. The van der Waals surface area contributed by atoms with Crippen LogP contribution in [-0.4, -0.2) is 25.8 Å². The zero-order chi connectivity index (χ0) is 12.5. The summed E-state index contributed by atoms with van der Waals surface area (Å²) in [6, 6.07) is 4.67. The van der Waals surface area contributed by atoms with Gasteiger partial charge in [0.2, 0.25) is 0 Å². The average Bonchev–Trinajstić information content (AvgIpc) is 2.28. The predicted molar refractivity (Wildman–Crippen MR) is 67.7 cm³/mol. The van der Waals surface area contributed by atoms with Gasteiger partial charge in [0.1, 0.15) is 5.82 Å². The number of nitrogens with two attached hydrogens (primary N) is 1. The SMILES string of the molecule is COC1(C)CCCN(c2cc(N)cc(F)c2)C1. The molecule has 0 aromatic heterocycles. The topological polar surface area (TPSA) is 38.5 Å². The molecule has 1 fully saturated rings. The Balaban J connectivity index is 2.21. The lowest BCUT2D eigenvalue weighted by atomic mass is 9.94. The Morgan fingerprint density at radius 1 is 1.41 bits per heavy atom. The smallest absolute Gasteiger partial charge is 0.127 e. The maximum absolute atomic E-state index is 13.3. The number of piperidine rings is 1. The van der Waals surface area contributed by atoms with Crippen LogP contribution in [0.15, 0.2) is 18.2 Å². The highest BCUT2D eigenvalue weighted by atomic mass is 19.1. The molecule has 0 amide bonds. The first-order valence-corrected chi connectivity index (χ1v) is 5.89. The Labute approximate surface area is 101 Å². The Kier molecular flexibility index (Phi) is 3.24. The third-order valence-electron chi connectivity index (χ3n) is 3.42. The van der Waals surface area contributed by atoms with Crippen LogP contribution in [0.3, 0.4) is 0 Å². The fourth-order valence-corrected chi connectivity index (χ4v) is 2.37. The first-order chi connectivity index (χ1) is 8.02. The molecule has 0 spiro atoms. The van der Waals surface area contributed by atoms with Crippen molar-refractivity contribution in [1.29, 1.82) is 0 Å². The van der Waals surface area contributed by atoms with E-state index < -0.39 is 0 Å². The molecule has 0 bridgehead atoms. The number of hydrogen-bond acceptors (Lipinski definition) is 3. The van der Waals surface area contributed by atoms with Gasteiger partial charge in [0.25, 0.3) is 0 Å². The van der Waals surface area contributed by atoms with E-state index in [1.807, 2.05) is 6.07 Å². The van der Waals surface area contributed by atoms with Crippen LogP contribution in [0.4, 0.5) is 15.8 Å². The van der Waals surface area contributed by atoms with Gasteiger partial charge in [-0.1, -0.05) is 0 Å². The maximum atomic E-state index is 13.3. The van der Waals surface area contributed by atoms with Crippen molar-refractivity contribution in [3.05, 3.63) is 24.0 Å². The molecule has 94 valence electrons. The number of hydrogen-bond donors (Lipinski definition) is 1. The summed E-state index contributed by atoms with van der Waals surface area (Å²) < 4.78 is 18.8. The number of ether oxygens (including phenoxy) is 1. The standard InChI is InChI=1S/C13H19FN2O/c1-13(17-2)4-3-5-16(9-13)12-7-10(14)6-11(15)8-12/h6-8H,3-5,9,15H2,1-2H3. The van der Waals surface area contributed by atoms with Gasteiger partial charge in [-0.3, -0.25) is 0 Å². The number of methoxy groups -OCH3 is 1. The normalized spacial score (nSPS) is 25.0. The molecule has 0 aliphatic carbocycles. The Morgan fingerprint density at radius 2 is 2.18 bits per heavy atom. The molecule has 1 aromatic carbocycles. The number of benzene rings is 1. The second kappa shape index (κ2) is 4.53. The van der Waals surface area contributed by atoms with Crippen LogP contribution < -0.4 is 10.6 Å². The summed E-state index contributed by atoms with van der Waals surface area (Å²) >= 11 is 0. The molecule has 3 nitrogen and oxygen atoms in total. The monoisotopic (exact) mass is 238 g/mol. The summed E-state index contributed by atoms with van der Waals surface area (Å²) in [4.78, 5) is 2.13. The number of halogens is 1. The lowest BCUT2D eigenvalue weighted by molar-refractivity contribution is -0.00466. The van der Waals surface area contributed by atoms with Crippen LogP contribution in [0.25, 0.3) is 0 Å². The third-order valence-corrected chi connectivity index (χ3v) is 3.42. The Hall–Kier alpha value is -1.29. The first-order valence-electron chi connectivity index (χ1n) is 5.89. The number of rotatable bonds is 2. The van der Waals surface area contributed by atoms with Crippen molar-refractivity contribution in [3.8, 4) is 0 Å². The van der Waals surface area contributed by atoms with Crippen molar-refractivity contribution >= 4 is 11.4 Å². The molecular formula is C13H19FN2O. The van der Waals surface area contributed by atoms with Crippen molar-refractivity contribution in [1.82, 2.24) is 0 Å². The Bertz CT molecular complexity index is 390. The second-order valence-electron chi connectivity index (χ2n) is 4.92. The highest BCUT2D eigenvalue weighted by Crippen LogP contribution is 2.29. The van der Waals surface area contributed by atoms with Crippen molar-refractivity contribution in [2.45, 2.75) is 25.4 Å². The summed E-state index contributed by atoms with van der Waals surface area (Å²) in [6.45, 7) is 3.77. The lowest BCUT2D eigenvalue weighted by Gasteiger charge is -2.40. The zero-order valence-electron chi connectivity index (χ0n) is 10.4. The Morgan fingerprint density at radius 3 is 2.82 bits per heavy atom. The van der Waals surface area contributed by atoms with E-state index in [4.69, 9.17) is 10.5 Å². The molecule has 1 saturated heterocycles. The van der Waals surface area contributed by atoms with E-state index in [9.17, 15) is 4.39 Å². The molecule has 17 heavy (non-hydrogen) atoms. The van der Waals surface area contributed by atoms with Crippen LogP contribution >= 0.6 is 0 Å². The predicted octanol–water partition coefficient (Wildman–Crippen LogP) is 2.41. The summed E-state index contributed by atoms with van der Waals surface area (Å²) in [7, 11) is 1.73. The highest BCUT2D eigenvalue weighted by Gasteiger charge is 2.30. The van der Waals surface area contributed by atoms with Gasteiger partial charge in [0.15, 0.2) is 0 Å². The molecule has 0 radical (unpaired) electrons. The van der Waals surface area contributed by atoms with E-state index in [1.165, 1.54) is 12.1 Å². The summed E-state index contributed by atoms with van der Waals surface area (Å²) in [5, 5.41) is 0. The van der Waals surface area contributed by atoms with Gasteiger partial charge >= 0.3 is 0 Å². The van der Waals surface area contributed by atoms with Gasteiger partial charge in [-0.2, -0.15) is 0 Å². The van der Waals surface area contributed by atoms with Gasteiger partial charge in [-0.05, 0) is 38.0 Å². The molecule has 1 aliphatic rings. The number of nitrogen functional groups attached to an aromatic ring is 1. The van der Waals surface area contributed by atoms with E-state index in [0.717, 1.165) is 31.6 Å². The number of anilines is 2. The maximum Gasteiger partial charge on any atom is 0.127 e. The second-order valence-corrected chi connectivity index (χ2v) is 4.92. The third kappa shape index (κ3) is 2.69. The van der Waals surface area contributed by atoms with E-state index >= 15 is 0 Å². The molecule has 2 rings (SSSR count). The average molecular weight is 238 g/mol.